The van der Waals surface area contributed by atoms with Gasteiger partial charge in [-0.15, -0.1) is 0 Å². The average molecular weight is 478 g/mol. The Labute approximate surface area is 202 Å². The standard InChI is InChI=1S/C26H24ClN3O4/c1-33-24-13-19(7-12-23(24)34-17-18-5-3-2-4-6-18)15-28-29-26(32)20-14-25(31)30(16-20)22-10-8-21(27)9-11-22/h2-13,15,20H,14,16-17H2,1H3,(H,29,32)/b28-15-/t20-/m1/s1. The molecule has 0 saturated carbocycles. The van der Waals surface area contributed by atoms with Crippen molar-refractivity contribution in [2.24, 2.45) is 11.0 Å². The number of halogens is 1. The molecule has 1 atom stereocenters. The van der Waals surface area contributed by atoms with Gasteiger partial charge >= 0.3 is 0 Å². The van der Waals surface area contributed by atoms with Crippen LogP contribution in [0.1, 0.15) is 17.5 Å². The molecule has 34 heavy (non-hydrogen) atoms. The van der Waals surface area contributed by atoms with E-state index in [0.29, 0.717) is 29.7 Å². The summed E-state index contributed by atoms with van der Waals surface area (Å²) >= 11 is 5.91. The zero-order valence-corrected chi connectivity index (χ0v) is 19.4. The Kier molecular flexibility index (Phi) is 7.44. The van der Waals surface area contributed by atoms with Crippen molar-refractivity contribution in [3.8, 4) is 11.5 Å². The summed E-state index contributed by atoms with van der Waals surface area (Å²) in [5.41, 5.74) is 5.03. The predicted octanol–water partition coefficient (Wildman–Crippen LogP) is 4.43. The fourth-order valence-electron chi connectivity index (χ4n) is 3.63. The number of carbonyl (C=O) groups excluding carboxylic acids is 2. The van der Waals surface area contributed by atoms with Crippen molar-refractivity contribution in [1.29, 1.82) is 0 Å². The first-order chi connectivity index (χ1) is 16.5. The maximum absolute atomic E-state index is 12.5. The van der Waals surface area contributed by atoms with E-state index in [-0.39, 0.29) is 18.2 Å². The van der Waals surface area contributed by atoms with Crippen LogP contribution in [0, 0.1) is 5.92 Å². The third-order valence-corrected chi connectivity index (χ3v) is 5.70. The molecular weight excluding hydrogens is 454 g/mol. The van der Waals surface area contributed by atoms with Gasteiger partial charge in [0.05, 0.1) is 19.2 Å². The number of rotatable bonds is 8. The zero-order chi connectivity index (χ0) is 23.9. The van der Waals surface area contributed by atoms with Crippen LogP contribution >= 0.6 is 11.6 Å². The summed E-state index contributed by atoms with van der Waals surface area (Å²) in [5.74, 6) is 0.271. The third-order valence-electron chi connectivity index (χ3n) is 5.45. The van der Waals surface area contributed by atoms with Crippen LogP contribution in [0.4, 0.5) is 5.69 Å². The van der Waals surface area contributed by atoms with Crippen LogP contribution in [0.3, 0.4) is 0 Å². The van der Waals surface area contributed by atoms with Crippen molar-refractivity contribution in [1.82, 2.24) is 5.43 Å². The van der Waals surface area contributed by atoms with Crippen LogP contribution in [0.2, 0.25) is 5.02 Å². The lowest BCUT2D eigenvalue weighted by Gasteiger charge is -2.16. The van der Waals surface area contributed by atoms with E-state index >= 15 is 0 Å². The lowest BCUT2D eigenvalue weighted by molar-refractivity contribution is -0.126. The molecule has 0 bridgehead atoms. The molecule has 0 aliphatic carbocycles. The molecule has 0 radical (unpaired) electrons. The summed E-state index contributed by atoms with van der Waals surface area (Å²) in [6, 6.07) is 22.2. The Balaban J connectivity index is 1.33. The molecule has 1 heterocycles. The van der Waals surface area contributed by atoms with Crippen LogP contribution in [-0.4, -0.2) is 31.7 Å². The summed E-state index contributed by atoms with van der Waals surface area (Å²) in [6.45, 7) is 0.719. The molecule has 2 amide bonds. The first kappa shape index (κ1) is 23.3. The van der Waals surface area contributed by atoms with Crippen LogP contribution in [0.5, 0.6) is 11.5 Å². The summed E-state index contributed by atoms with van der Waals surface area (Å²) in [7, 11) is 1.57. The van der Waals surface area contributed by atoms with E-state index < -0.39 is 5.92 Å². The molecule has 4 rings (SSSR count). The first-order valence-corrected chi connectivity index (χ1v) is 11.1. The average Bonchev–Trinajstić information content (AvgIpc) is 3.25. The Bertz CT molecular complexity index is 1180. The number of hydrogen-bond acceptors (Lipinski definition) is 5. The second-order valence-corrected chi connectivity index (χ2v) is 8.24. The molecular formula is C26H24ClN3O4. The molecule has 1 saturated heterocycles. The van der Waals surface area contributed by atoms with Crippen LogP contribution < -0.4 is 19.8 Å². The molecule has 174 valence electrons. The van der Waals surface area contributed by atoms with E-state index in [9.17, 15) is 9.59 Å². The molecule has 8 heteroatoms. The number of anilines is 1. The SMILES string of the molecule is COc1cc(/C=N\NC(=O)[C@@H]2CC(=O)N(c3ccc(Cl)cc3)C2)ccc1OCc1ccccc1. The van der Waals surface area contributed by atoms with Gasteiger partial charge < -0.3 is 14.4 Å². The Morgan fingerprint density at radius 2 is 1.88 bits per heavy atom. The summed E-state index contributed by atoms with van der Waals surface area (Å²) < 4.78 is 11.3. The van der Waals surface area contributed by atoms with Crippen LogP contribution in [0.15, 0.2) is 77.9 Å². The number of hydrazone groups is 1. The quantitative estimate of drug-likeness (QED) is 0.384. The largest absolute Gasteiger partial charge is 0.493 e. The number of hydrogen-bond donors (Lipinski definition) is 1. The molecule has 0 spiro atoms. The minimum Gasteiger partial charge on any atom is -0.493 e. The number of methoxy groups -OCH3 is 1. The van der Waals surface area contributed by atoms with E-state index in [1.807, 2.05) is 36.4 Å². The minimum absolute atomic E-state index is 0.109. The number of nitrogens with zero attached hydrogens (tertiary/aromatic N) is 2. The highest BCUT2D eigenvalue weighted by Crippen LogP contribution is 2.29. The van der Waals surface area contributed by atoms with E-state index in [1.165, 1.54) is 6.21 Å². The van der Waals surface area contributed by atoms with Gasteiger partial charge in [-0.05, 0) is 53.6 Å². The molecule has 7 nitrogen and oxygen atoms in total. The van der Waals surface area contributed by atoms with Crippen molar-refractivity contribution in [2.45, 2.75) is 13.0 Å². The molecule has 3 aromatic carbocycles. The van der Waals surface area contributed by atoms with Crippen molar-refractivity contribution < 1.29 is 19.1 Å². The first-order valence-electron chi connectivity index (χ1n) is 10.8. The monoisotopic (exact) mass is 477 g/mol. The van der Waals surface area contributed by atoms with E-state index in [0.717, 1.165) is 16.8 Å². The van der Waals surface area contributed by atoms with Crippen molar-refractivity contribution >= 4 is 35.3 Å². The third kappa shape index (κ3) is 5.74. The summed E-state index contributed by atoms with van der Waals surface area (Å²) in [5, 5.41) is 4.64. The highest BCUT2D eigenvalue weighted by Gasteiger charge is 2.35. The Morgan fingerprint density at radius 1 is 1.12 bits per heavy atom. The van der Waals surface area contributed by atoms with E-state index in [4.69, 9.17) is 21.1 Å². The van der Waals surface area contributed by atoms with Gasteiger partial charge in [-0.25, -0.2) is 5.43 Å². The fraction of sp³-hybridized carbons (Fsp3) is 0.192. The van der Waals surface area contributed by atoms with Crippen LogP contribution in [0.25, 0.3) is 0 Å². The van der Waals surface area contributed by atoms with Gasteiger partial charge in [0.25, 0.3) is 0 Å². The van der Waals surface area contributed by atoms with Crippen LogP contribution in [-0.2, 0) is 16.2 Å². The Hall–Kier alpha value is -3.84. The summed E-state index contributed by atoms with van der Waals surface area (Å²) in [4.78, 5) is 26.5. The molecule has 0 aromatic heterocycles. The second-order valence-electron chi connectivity index (χ2n) is 7.80. The van der Waals surface area contributed by atoms with Gasteiger partial charge in [0.15, 0.2) is 11.5 Å². The highest BCUT2D eigenvalue weighted by atomic mass is 35.5. The molecule has 3 aromatic rings. The maximum Gasteiger partial charge on any atom is 0.245 e. The highest BCUT2D eigenvalue weighted by molar-refractivity contribution is 6.30. The van der Waals surface area contributed by atoms with Gasteiger partial charge in [-0.3, -0.25) is 9.59 Å². The maximum atomic E-state index is 12.5. The number of nitrogens with one attached hydrogen (secondary N) is 1. The lowest BCUT2D eigenvalue weighted by atomic mass is 10.1. The lowest BCUT2D eigenvalue weighted by Crippen LogP contribution is -2.30. The predicted molar refractivity (Wildman–Crippen MR) is 131 cm³/mol. The van der Waals surface area contributed by atoms with Gasteiger partial charge in [-0.1, -0.05) is 41.9 Å². The second kappa shape index (κ2) is 10.9. The number of carbonyl (C=O) groups is 2. The summed E-state index contributed by atoms with van der Waals surface area (Å²) in [6.07, 6.45) is 1.65. The molecule has 1 aliphatic heterocycles. The Morgan fingerprint density at radius 3 is 2.62 bits per heavy atom. The van der Waals surface area contributed by atoms with Crippen molar-refractivity contribution in [2.75, 3.05) is 18.6 Å². The van der Waals surface area contributed by atoms with Gasteiger partial charge in [0.2, 0.25) is 11.8 Å². The van der Waals surface area contributed by atoms with Gasteiger partial charge in [0.1, 0.15) is 6.61 Å². The molecule has 1 aliphatic rings. The minimum atomic E-state index is -0.483. The number of ether oxygens (including phenoxy) is 2. The fourth-order valence-corrected chi connectivity index (χ4v) is 3.76. The van der Waals surface area contributed by atoms with E-state index in [2.05, 4.69) is 10.5 Å². The molecule has 1 fully saturated rings. The van der Waals surface area contributed by atoms with E-state index in [1.54, 1.807) is 48.4 Å². The van der Waals surface area contributed by atoms with Crippen molar-refractivity contribution in [3.05, 3.63) is 88.9 Å². The van der Waals surface area contributed by atoms with Gasteiger partial charge in [0, 0.05) is 23.7 Å². The normalized spacial score (nSPS) is 15.5. The molecule has 1 N–H and O–H groups in total. The van der Waals surface area contributed by atoms with Crippen molar-refractivity contribution in [3.63, 3.8) is 0 Å². The number of benzene rings is 3. The smallest absolute Gasteiger partial charge is 0.245 e. The van der Waals surface area contributed by atoms with Gasteiger partial charge in [-0.2, -0.15) is 5.10 Å². The topological polar surface area (TPSA) is 80.2 Å². The zero-order valence-electron chi connectivity index (χ0n) is 18.6. The number of amides is 2. The molecule has 0 unspecified atom stereocenters.